The summed E-state index contributed by atoms with van der Waals surface area (Å²) < 4.78 is 5.12. The third-order valence-electron chi connectivity index (χ3n) is 3.78. The van der Waals surface area contributed by atoms with E-state index in [4.69, 9.17) is 9.84 Å². The number of carbonyl (C=O) groups excluding carboxylic acids is 1. The van der Waals surface area contributed by atoms with Crippen LogP contribution < -0.4 is 10.1 Å². The van der Waals surface area contributed by atoms with Crippen molar-refractivity contribution in [1.82, 2.24) is 5.32 Å². The Bertz CT molecular complexity index is 496. The number of aryl methyl sites for hydroxylation is 1. The van der Waals surface area contributed by atoms with Crippen LogP contribution in [0.15, 0.2) is 24.3 Å². The molecule has 0 heterocycles. The Morgan fingerprint density at radius 3 is 2.30 bits per heavy atom. The minimum Gasteiger partial charge on any atom is -0.497 e. The van der Waals surface area contributed by atoms with Gasteiger partial charge < -0.3 is 15.2 Å². The van der Waals surface area contributed by atoms with Gasteiger partial charge >= 0.3 is 5.97 Å². The number of carboxylic acid groups (broad SMARTS) is 1. The molecular formula is C18H27NO4. The molecule has 0 fully saturated rings. The van der Waals surface area contributed by atoms with E-state index in [1.165, 1.54) is 5.56 Å². The van der Waals surface area contributed by atoms with E-state index in [1.807, 2.05) is 24.3 Å². The second-order valence-corrected chi connectivity index (χ2v) is 6.04. The molecule has 128 valence electrons. The van der Waals surface area contributed by atoms with Gasteiger partial charge in [0.05, 0.1) is 7.11 Å². The molecule has 0 aromatic heterocycles. The van der Waals surface area contributed by atoms with Gasteiger partial charge in [0.15, 0.2) is 0 Å². The van der Waals surface area contributed by atoms with Crippen molar-refractivity contribution in [2.24, 2.45) is 5.92 Å². The first-order chi connectivity index (χ1) is 10.9. The summed E-state index contributed by atoms with van der Waals surface area (Å²) in [6, 6.07) is 7.18. The van der Waals surface area contributed by atoms with Gasteiger partial charge in [0.1, 0.15) is 11.8 Å². The number of aliphatic carboxylic acids is 1. The molecule has 0 aliphatic carbocycles. The van der Waals surface area contributed by atoms with Crippen LogP contribution in [0.25, 0.3) is 0 Å². The van der Waals surface area contributed by atoms with Crippen LogP contribution in [0.3, 0.4) is 0 Å². The zero-order valence-corrected chi connectivity index (χ0v) is 14.2. The number of ether oxygens (including phenoxy) is 1. The first-order valence-corrected chi connectivity index (χ1v) is 8.09. The van der Waals surface area contributed by atoms with Crippen LogP contribution in [-0.4, -0.2) is 30.1 Å². The number of amides is 1. The van der Waals surface area contributed by atoms with Crippen LogP contribution in [0.5, 0.6) is 5.75 Å². The highest BCUT2D eigenvalue weighted by Crippen LogP contribution is 2.14. The van der Waals surface area contributed by atoms with Crippen molar-refractivity contribution in [2.45, 2.75) is 52.0 Å². The molecule has 23 heavy (non-hydrogen) atoms. The van der Waals surface area contributed by atoms with Crippen LogP contribution in [0.2, 0.25) is 0 Å². The predicted molar refractivity (Wildman–Crippen MR) is 89.6 cm³/mol. The summed E-state index contributed by atoms with van der Waals surface area (Å²) in [5.41, 5.74) is 1.25. The fourth-order valence-corrected chi connectivity index (χ4v) is 2.34. The first-order valence-electron chi connectivity index (χ1n) is 8.09. The molecule has 1 aromatic rings. The quantitative estimate of drug-likeness (QED) is 0.650. The highest BCUT2D eigenvalue weighted by Gasteiger charge is 2.22. The van der Waals surface area contributed by atoms with Crippen molar-refractivity contribution in [3.8, 4) is 5.75 Å². The summed E-state index contributed by atoms with van der Waals surface area (Å²) in [6.07, 6.45) is 4.06. The Balaban J connectivity index is 2.21. The maximum atomic E-state index is 11.8. The molecule has 0 radical (unpaired) electrons. The zero-order chi connectivity index (χ0) is 17.2. The van der Waals surface area contributed by atoms with E-state index in [1.54, 1.807) is 21.0 Å². The second-order valence-electron chi connectivity index (χ2n) is 6.04. The van der Waals surface area contributed by atoms with Crippen LogP contribution in [0, 0.1) is 5.92 Å². The molecule has 5 nitrogen and oxygen atoms in total. The molecule has 0 aliphatic rings. The Morgan fingerprint density at radius 1 is 1.13 bits per heavy atom. The van der Waals surface area contributed by atoms with Crippen molar-refractivity contribution in [1.29, 1.82) is 0 Å². The highest BCUT2D eigenvalue weighted by atomic mass is 16.5. The summed E-state index contributed by atoms with van der Waals surface area (Å²) in [5.74, 6) is -0.432. The lowest BCUT2D eigenvalue weighted by Gasteiger charge is -2.17. The highest BCUT2D eigenvalue weighted by molar-refractivity contribution is 5.83. The molecule has 0 aliphatic heterocycles. The Labute approximate surface area is 138 Å². The Hall–Kier alpha value is -2.04. The smallest absolute Gasteiger partial charge is 0.326 e. The minimum atomic E-state index is -0.979. The lowest BCUT2D eigenvalue weighted by atomic mass is 10.0. The van der Waals surface area contributed by atoms with Crippen LogP contribution in [0.4, 0.5) is 0 Å². The SMILES string of the molecule is COc1ccc(CCCCCC(=O)N[C@@H](C(=O)O)C(C)C)cc1. The number of unbranched alkanes of at least 4 members (excludes halogenated alkanes) is 2. The van der Waals surface area contributed by atoms with Crippen molar-refractivity contribution in [3.63, 3.8) is 0 Å². The van der Waals surface area contributed by atoms with E-state index in [9.17, 15) is 9.59 Å². The first kappa shape index (κ1) is 19.0. The number of carboxylic acids is 1. The molecule has 1 atom stereocenters. The Kier molecular flexibility index (Phi) is 8.16. The predicted octanol–water partition coefficient (Wildman–Crippen LogP) is 3.02. The molecule has 0 spiro atoms. The molecule has 2 N–H and O–H groups in total. The van der Waals surface area contributed by atoms with Crippen molar-refractivity contribution >= 4 is 11.9 Å². The summed E-state index contributed by atoms with van der Waals surface area (Å²) in [6.45, 7) is 3.57. The molecule has 0 bridgehead atoms. The number of rotatable bonds is 10. The zero-order valence-electron chi connectivity index (χ0n) is 14.2. The van der Waals surface area contributed by atoms with E-state index < -0.39 is 12.0 Å². The van der Waals surface area contributed by atoms with Gasteiger partial charge in [-0.15, -0.1) is 0 Å². The molecule has 1 amide bonds. The van der Waals surface area contributed by atoms with E-state index in [2.05, 4.69) is 5.32 Å². The molecule has 0 saturated heterocycles. The number of hydrogen-bond acceptors (Lipinski definition) is 3. The Morgan fingerprint density at radius 2 is 1.78 bits per heavy atom. The maximum Gasteiger partial charge on any atom is 0.326 e. The molecule has 1 aromatic carbocycles. The lowest BCUT2D eigenvalue weighted by Crippen LogP contribution is -2.44. The molecular weight excluding hydrogens is 294 g/mol. The van der Waals surface area contributed by atoms with Crippen molar-refractivity contribution < 1.29 is 19.4 Å². The van der Waals surface area contributed by atoms with Gasteiger partial charge in [-0.05, 0) is 42.9 Å². The fraction of sp³-hybridized carbons (Fsp3) is 0.556. The number of nitrogens with one attached hydrogen (secondary N) is 1. The number of benzene rings is 1. The monoisotopic (exact) mass is 321 g/mol. The largest absolute Gasteiger partial charge is 0.497 e. The van der Waals surface area contributed by atoms with Gasteiger partial charge in [0.25, 0.3) is 0 Å². The topological polar surface area (TPSA) is 75.6 Å². The summed E-state index contributed by atoms with van der Waals surface area (Å²) in [7, 11) is 1.65. The molecule has 0 unspecified atom stereocenters. The lowest BCUT2D eigenvalue weighted by molar-refractivity contribution is -0.143. The average molecular weight is 321 g/mol. The van der Waals surface area contributed by atoms with Crippen LogP contribution >= 0.6 is 0 Å². The van der Waals surface area contributed by atoms with E-state index >= 15 is 0 Å². The molecule has 0 saturated carbocycles. The van der Waals surface area contributed by atoms with E-state index in [0.29, 0.717) is 6.42 Å². The molecule has 1 rings (SSSR count). The normalized spacial score (nSPS) is 12.0. The standard InChI is InChI=1S/C18H27NO4/c1-13(2)17(18(21)22)19-16(20)8-6-4-5-7-14-9-11-15(23-3)12-10-14/h9-13,17H,4-8H2,1-3H3,(H,19,20)(H,21,22)/t17-/m1/s1. The molecule has 5 heteroatoms. The summed E-state index contributed by atoms with van der Waals surface area (Å²) in [4.78, 5) is 22.8. The number of carbonyl (C=O) groups is 2. The van der Waals surface area contributed by atoms with Gasteiger partial charge in [0, 0.05) is 6.42 Å². The van der Waals surface area contributed by atoms with E-state index in [0.717, 1.165) is 31.4 Å². The van der Waals surface area contributed by atoms with Crippen molar-refractivity contribution in [2.75, 3.05) is 7.11 Å². The second kappa shape index (κ2) is 9.87. The van der Waals surface area contributed by atoms with Gasteiger partial charge in [-0.1, -0.05) is 32.4 Å². The maximum absolute atomic E-state index is 11.8. The third-order valence-corrected chi connectivity index (χ3v) is 3.78. The summed E-state index contributed by atoms with van der Waals surface area (Å²) >= 11 is 0. The van der Waals surface area contributed by atoms with Crippen LogP contribution in [-0.2, 0) is 16.0 Å². The minimum absolute atomic E-state index is 0.119. The van der Waals surface area contributed by atoms with Gasteiger partial charge in [-0.2, -0.15) is 0 Å². The van der Waals surface area contributed by atoms with Crippen molar-refractivity contribution in [3.05, 3.63) is 29.8 Å². The third kappa shape index (κ3) is 7.17. The average Bonchev–Trinajstić information content (AvgIpc) is 2.52. The summed E-state index contributed by atoms with van der Waals surface area (Å²) in [5, 5.41) is 11.6. The fourth-order valence-electron chi connectivity index (χ4n) is 2.34. The number of methoxy groups -OCH3 is 1. The van der Waals surface area contributed by atoms with Crippen LogP contribution in [0.1, 0.15) is 45.1 Å². The van der Waals surface area contributed by atoms with Gasteiger partial charge in [0.2, 0.25) is 5.91 Å². The van der Waals surface area contributed by atoms with Gasteiger partial charge in [-0.25, -0.2) is 4.79 Å². The number of hydrogen-bond donors (Lipinski definition) is 2. The van der Waals surface area contributed by atoms with Gasteiger partial charge in [-0.3, -0.25) is 4.79 Å². The van der Waals surface area contributed by atoms with E-state index in [-0.39, 0.29) is 11.8 Å².